The molecule has 1 unspecified atom stereocenters. The van der Waals surface area contributed by atoms with Gasteiger partial charge in [0.2, 0.25) is 5.09 Å². The summed E-state index contributed by atoms with van der Waals surface area (Å²) >= 11 is 0. The van der Waals surface area contributed by atoms with Gasteiger partial charge in [-0.15, -0.1) is 0 Å². The van der Waals surface area contributed by atoms with Gasteiger partial charge in [-0.2, -0.15) is 4.31 Å². The average molecular weight is 314 g/mol. The Morgan fingerprint density at radius 2 is 2.00 bits per heavy atom. The molecule has 0 spiro atoms. The van der Waals surface area contributed by atoms with Crippen LogP contribution < -0.4 is 0 Å². The molecular weight excluding hydrogens is 292 g/mol. The van der Waals surface area contributed by atoms with E-state index in [0.29, 0.717) is 31.3 Å². The van der Waals surface area contributed by atoms with Crippen LogP contribution >= 0.6 is 0 Å². The van der Waals surface area contributed by atoms with Crippen LogP contribution in [0.2, 0.25) is 0 Å². The van der Waals surface area contributed by atoms with E-state index in [1.165, 1.54) is 4.31 Å². The first-order valence-corrected chi connectivity index (χ1v) is 8.95. The Bertz CT molecular complexity index is 578. The van der Waals surface area contributed by atoms with E-state index in [2.05, 4.69) is 4.90 Å². The number of furan rings is 1. The molecule has 1 aromatic rings. The first kappa shape index (κ1) is 15.0. The summed E-state index contributed by atoms with van der Waals surface area (Å²) in [5.74, 6) is 0.999. The van der Waals surface area contributed by atoms with Crippen LogP contribution in [0.3, 0.4) is 0 Å². The molecule has 0 aromatic carbocycles. The number of aliphatic hydroxyl groups is 1. The van der Waals surface area contributed by atoms with Gasteiger partial charge in [-0.25, -0.2) is 8.42 Å². The molecule has 0 radical (unpaired) electrons. The van der Waals surface area contributed by atoms with Crippen LogP contribution in [0.25, 0.3) is 0 Å². The maximum absolute atomic E-state index is 12.4. The van der Waals surface area contributed by atoms with Crippen LogP contribution in [0.15, 0.2) is 21.6 Å². The fraction of sp³-hybridized carbons (Fsp3) is 0.714. The fourth-order valence-electron chi connectivity index (χ4n) is 3.06. The smallest absolute Gasteiger partial charge is 0.276 e. The number of likely N-dealkylation sites (tertiary alicyclic amines) is 1. The van der Waals surface area contributed by atoms with Crippen molar-refractivity contribution in [1.29, 1.82) is 0 Å². The van der Waals surface area contributed by atoms with Crippen LogP contribution in [-0.2, 0) is 16.6 Å². The summed E-state index contributed by atoms with van der Waals surface area (Å²) in [6.07, 6.45) is 2.82. The number of nitrogens with zero attached hydrogens (tertiary/aromatic N) is 2. The van der Waals surface area contributed by atoms with Crippen LogP contribution in [-0.4, -0.2) is 55.5 Å². The van der Waals surface area contributed by atoms with E-state index in [1.54, 1.807) is 12.1 Å². The van der Waals surface area contributed by atoms with Crippen molar-refractivity contribution >= 4 is 10.0 Å². The van der Waals surface area contributed by atoms with Gasteiger partial charge in [0.1, 0.15) is 5.76 Å². The lowest BCUT2D eigenvalue weighted by Gasteiger charge is -2.14. The first-order chi connectivity index (χ1) is 10.1. The van der Waals surface area contributed by atoms with E-state index in [9.17, 15) is 8.42 Å². The lowest BCUT2D eigenvalue weighted by atomic mass is 10.1. The second-order valence-electron chi connectivity index (χ2n) is 5.90. The quantitative estimate of drug-likeness (QED) is 0.873. The van der Waals surface area contributed by atoms with Gasteiger partial charge in [0.05, 0.1) is 6.54 Å². The zero-order valence-electron chi connectivity index (χ0n) is 12.1. The van der Waals surface area contributed by atoms with Crippen molar-refractivity contribution in [2.75, 3.05) is 32.8 Å². The van der Waals surface area contributed by atoms with E-state index >= 15 is 0 Å². The Balaban J connectivity index is 1.66. The van der Waals surface area contributed by atoms with E-state index in [-0.39, 0.29) is 11.7 Å². The lowest BCUT2D eigenvalue weighted by molar-refractivity contribution is 0.214. The van der Waals surface area contributed by atoms with Crippen LogP contribution in [0, 0.1) is 5.92 Å². The van der Waals surface area contributed by atoms with Crippen molar-refractivity contribution in [2.24, 2.45) is 5.92 Å². The standard InChI is InChI=1S/C14H22N2O4S/c17-11-12-5-8-15(9-12)10-13-3-4-14(20-13)21(18,19)16-6-1-2-7-16/h3-4,12,17H,1-2,5-11H2. The summed E-state index contributed by atoms with van der Waals surface area (Å²) in [7, 11) is -3.46. The van der Waals surface area contributed by atoms with Gasteiger partial charge in [-0.05, 0) is 43.9 Å². The van der Waals surface area contributed by atoms with E-state index < -0.39 is 10.0 Å². The molecule has 2 saturated heterocycles. The van der Waals surface area contributed by atoms with Crippen molar-refractivity contribution in [3.05, 3.63) is 17.9 Å². The molecule has 0 saturated carbocycles. The van der Waals surface area contributed by atoms with E-state index in [0.717, 1.165) is 32.4 Å². The average Bonchev–Trinajstić information content (AvgIpc) is 3.21. The molecule has 1 aromatic heterocycles. The summed E-state index contributed by atoms with van der Waals surface area (Å²) < 4.78 is 31.8. The Morgan fingerprint density at radius 3 is 2.67 bits per heavy atom. The van der Waals surface area contributed by atoms with Crippen molar-refractivity contribution in [3.8, 4) is 0 Å². The molecule has 21 heavy (non-hydrogen) atoms. The van der Waals surface area contributed by atoms with Gasteiger partial charge >= 0.3 is 0 Å². The fourth-order valence-corrected chi connectivity index (χ4v) is 4.51. The minimum Gasteiger partial charge on any atom is -0.447 e. The van der Waals surface area contributed by atoms with Crippen molar-refractivity contribution in [1.82, 2.24) is 9.21 Å². The second kappa shape index (κ2) is 6.08. The van der Waals surface area contributed by atoms with Gasteiger partial charge in [0.25, 0.3) is 10.0 Å². The van der Waals surface area contributed by atoms with Gasteiger partial charge in [-0.3, -0.25) is 4.90 Å². The highest BCUT2D eigenvalue weighted by Gasteiger charge is 2.30. The molecule has 2 aliphatic heterocycles. The Hall–Kier alpha value is -0.890. The van der Waals surface area contributed by atoms with Crippen molar-refractivity contribution in [3.63, 3.8) is 0 Å². The predicted octanol–water partition coefficient (Wildman–Crippen LogP) is 0.878. The minimum absolute atomic E-state index is 0.0531. The Labute approximate surface area is 125 Å². The number of aliphatic hydroxyl groups excluding tert-OH is 1. The van der Waals surface area contributed by atoms with Crippen LogP contribution in [0.1, 0.15) is 25.0 Å². The van der Waals surface area contributed by atoms with Gasteiger partial charge in [0.15, 0.2) is 0 Å². The first-order valence-electron chi connectivity index (χ1n) is 7.51. The third-order valence-corrected chi connectivity index (χ3v) is 6.08. The van der Waals surface area contributed by atoms with E-state index in [4.69, 9.17) is 9.52 Å². The summed E-state index contributed by atoms with van der Waals surface area (Å²) in [6.45, 7) is 3.74. The number of sulfonamides is 1. The molecule has 1 N–H and O–H groups in total. The minimum atomic E-state index is -3.46. The molecule has 3 heterocycles. The number of hydrogen-bond acceptors (Lipinski definition) is 5. The van der Waals surface area contributed by atoms with Crippen LogP contribution in [0.4, 0.5) is 0 Å². The third kappa shape index (κ3) is 3.15. The number of rotatable bonds is 5. The topological polar surface area (TPSA) is 74.0 Å². The largest absolute Gasteiger partial charge is 0.447 e. The molecule has 0 aliphatic carbocycles. The summed E-state index contributed by atoms with van der Waals surface area (Å²) in [4.78, 5) is 2.19. The van der Waals surface area contributed by atoms with Crippen molar-refractivity contribution < 1.29 is 17.9 Å². The predicted molar refractivity (Wildman–Crippen MR) is 77.2 cm³/mol. The highest BCUT2D eigenvalue weighted by Crippen LogP contribution is 2.24. The lowest BCUT2D eigenvalue weighted by Crippen LogP contribution is -2.27. The highest BCUT2D eigenvalue weighted by atomic mass is 32.2. The molecule has 118 valence electrons. The monoisotopic (exact) mass is 314 g/mol. The van der Waals surface area contributed by atoms with Crippen molar-refractivity contribution in [2.45, 2.75) is 30.9 Å². The summed E-state index contributed by atoms with van der Waals surface area (Å²) in [5, 5.41) is 9.20. The molecule has 3 rings (SSSR count). The molecular formula is C14H22N2O4S. The Morgan fingerprint density at radius 1 is 1.24 bits per heavy atom. The molecule has 2 fully saturated rings. The third-order valence-electron chi connectivity index (χ3n) is 4.30. The SMILES string of the molecule is O=S(=O)(c1ccc(CN2CCC(CO)C2)o1)N1CCCC1. The molecule has 1 atom stereocenters. The maximum Gasteiger partial charge on any atom is 0.276 e. The van der Waals surface area contributed by atoms with Gasteiger partial charge in [0, 0.05) is 26.2 Å². The molecule has 0 amide bonds. The normalized spacial score (nSPS) is 24.9. The second-order valence-corrected chi connectivity index (χ2v) is 7.77. The summed E-state index contributed by atoms with van der Waals surface area (Å²) in [5.41, 5.74) is 0. The van der Waals surface area contributed by atoms with Gasteiger partial charge < -0.3 is 9.52 Å². The molecule has 0 bridgehead atoms. The highest BCUT2D eigenvalue weighted by molar-refractivity contribution is 7.89. The zero-order chi connectivity index (χ0) is 14.9. The molecule has 6 nitrogen and oxygen atoms in total. The number of hydrogen-bond donors (Lipinski definition) is 1. The van der Waals surface area contributed by atoms with Gasteiger partial charge in [-0.1, -0.05) is 0 Å². The maximum atomic E-state index is 12.4. The summed E-state index contributed by atoms with van der Waals surface area (Å²) in [6, 6.07) is 3.30. The molecule has 7 heteroatoms. The molecule has 2 aliphatic rings. The Kier molecular flexibility index (Phi) is 4.35. The van der Waals surface area contributed by atoms with E-state index in [1.807, 2.05) is 0 Å². The zero-order valence-corrected chi connectivity index (χ0v) is 12.9. The van der Waals surface area contributed by atoms with Crippen LogP contribution in [0.5, 0.6) is 0 Å².